The Morgan fingerprint density at radius 2 is 2.05 bits per heavy atom. The van der Waals surface area contributed by atoms with Crippen molar-refractivity contribution in [2.24, 2.45) is 0 Å². The van der Waals surface area contributed by atoms with Crippen molar-refractivity contribution in [1.82, 2.24) is 4.90 Å². The minimum Gasteiger partial charge on any atom is -0.444 e. The summed E-state index contributed by atoms with van der Waals surface area (Å²) in [5.74, 6) is 0. The number of ether oxygens (including phenoxy) is 2. The Bertz CT molecular complexity index is 497. The third-order valence-corrected chi connectivity index (χ3v) is 3.56. The van der Waals surface area contributed by atoms with E-state index < -0.39 is 11.2 Å². The highest BCUT2D eigenvalue weighted by atomic mass is 16.6. The summed E-state index contributed by atoms with van der Waals surface area (Å²) < 4.78 is 11.2. The van der Waals surface area contributed by atoms with Gasteiger partial charge in [0.25, 0.3) is 0 Å². The third kappa shape index (κ3) is 4.45. The van der Waals surface area contributed by atoms with Gasteiger partial charge in [-0.05, 0) is 26.3 Å². The van der Waals surface area contributed by atoms with Crippen LogP contribution in [-0.2, 0) is 15.9 Å². The van der Waals surface area contributed by atoms with E-state index in [2.05, 4.69) is 0 Å². The van der Waals surface area contributed by atoms with Crippen LogP contribution in [0, 0.1) is 0 Å². The van der Waals surface area contributed by atoms with Gasteiger partial charge in [-0.3, -0.25) is 0 Å². The highest BCUT2D eigenvalue weighted by Crippen LogP contribution is 2.24. The first-order valence-corrected chi connectivity index (χ1v) is 7.60. The Labute approximate surface area is 131 Å². The summed E-state index contributed by atoms with van der Waals surface area (Å²) in [5, 5.41) is 9.83. The molecule has 1 aromatic carbocycles. The number of aliphatic hydroxyl groups excluding tert-OH is 1. The number of carbonyl (C=O) groups excluding carboxylic acids is 1. The van der Waals surface area contributed by atoms with E-state index in [9.17, 15) is 9.90 Å². The van der Waals surface area contributed by atoms with Gasteiger partial charge in [-0.15, -0.1) is 0 Å². The quantitative estimate of drug-likeness (QED) is 0.930. The van der Waals surface area contributed by atoms with Gasteiger partial charge < -0.3 is 19.5 Å². The molecule has 0 bridgehead atoms. The second kappa shape index (κ2) is 6.67. The summed E-state index contributed by atoms with van der Waals surface area (Å²) in [4.78, 5) is 13.9. The number of carbonyl (C=O) groups is 1. The molecule has 0 radical (unpaired) electrons. The minimum atomic E-state index is -0.767. The lowest BCUT2D eigenvalue weighted by Crippen LogP contribution is -2.57. The largest absolute Gasteiger partial charge is 0.444 e. The second-order valence-corrected chi connectivity index (χ2v) is 6.75. The molecule has 1 aromatic rings. The average molecular weight is 307 g/mol. The van der Waals surface area contributed by atoms with E-state index in [1.807, 2.05) is 51.1 Å². The van der Waals surface area contributed by atoms with Crippen molar-refractivity contribution in [2.45, 2.75) is 38.4 Å². The SMILES string of the molecule is CC(C)(C)OC(=O)N1CCOC(CO)(Cc2ccccc2)C1. The van der Waals surface area contributed by atoms with E-state index in [0.717, 1.165) is 5.56 Å². The molecule has 122 valence electrons. The van der Waals surface area contributed by atoms with Gasteiger partial charge in [0, 0.05) is 13.0 Å². The monoisotopic (exact) mass is 307 g/mol. The predicted octanol–water partition coefficient (Wildman–Crippen LogP) is 2.23. The molecule has 1 N–H and O–H groups in total. The summed E-state index contributed by atoms with van der Waals surface area (Å²) in [6, 6.07) is 9.84. The van der Waals surface area contributed by atoms with Crippen molar-refractivity contribution < 1.29 is 19.4 Å². The van der Waals surface area contributed by atoms with Gasteiger partial charge in [0.1, 0.15) is 11.2 Å². The zero-order valence-electron chi connectivity index (χ0n) is 13.5. The van der Waals surface area contributed by atoms with Crippen LogP contribution < -0.4 is 0 Å². The number of rotatable bonds is 3. The minimum absolute atomic E-state index is 0.138. The second-order valence-electron chi connectivity index (χ2n) is 6.75. The van der Waals surface area contributed by atoms with E-state index in [-0.39, 0.29) is 12.7 Å². The van der Waals surface area contributed by atoms with Gasteiger partial charge in [0.2, 0.25) is 0 Å². The number of nitrogens with zero attached hydrogens (tertiary/aromatic N) is 1. The fourth-order valence-electron chi connectivity index (χ4n) is 2.55. The predicted molar refractivity (Wildman–Crippen MR) is 83.7 cm³/mol. The number of morpholine rings is 1. The van der Waals surface area contributed by atoms with Crippen molar-refractivity contribution in [3.05, 3.63) is 35.9 Å². The molecule has 0 spiro atoms. The molecule has 2 rings (SSSR count). The first-order chi connectivity index (χ1) is 10.3. The van der Waals surface area contributed by atoms with Crippen LogP contribution in [-0.4, -0.2) is 53.6 Å². The molecular formula is C17H25NO4. The topological polar surface area (TPSA) is 59.0 Å². The van der Waals surface area contributed by atoms with Crippen LogP contribution in [0.5, 0.6) is 0 Å². The summed E-state index contributed by atoms with van der Waals surface area (Å²) in [6.07, 6.45) is 0.200. The zero-order chi connectivity index (χ0) is 16.2. The van der Waals surface area contributed by atoms with Crippen molar-refractivity contribution in [3.8, 4) is 0 Å². The van der Waals surface area contributed by atoms with Crippen molar-refractivity contribution in [1.29, 1.82) is 0 Å². The smallest absolute Gasteiger partial charge is 0.410 e. The van der Waals surface area contributed by atoms with Crippen LogP contribution in [0.1, 0.15) is 26.3 Å². The number of amides is 1. The molecule has 1 aliphatic heterocycles. The molecule has 5 nitrogen and oxygen atoms in total. The van der Waals surface area contributed by atoms with Gasteiger partial charge in [-0.2, -0.15) is 0 Å². The van der Waals surface area contributed by atoms with E-state index in [1.54, 1.807) is 4.90 Å². The molecule has 22 heavy (non-hydrogen) atoms. The maximum atomic E-state index is 12.2. The molecule has 1 amide bonds. The normalized spacial score (nSPS) is 22.5. The average Bonchev–Trinajstić information content (AvgIpc) is 2.47. The molecular weight excluding hydrogens is 282 g/mol. The molecule has 1 fully saturated rings. The van der Waals surface area contributed by atoms with Gasteiger partial charge in [0.05, 0.1) is 19.8 Å². The van der Waals surface area contributed by atoms with E-state index in [4.69, 9.17) is 9.47 Å². The van der Waals surface area contributed by atoms with Gasteiger partial charge in [-0.25, -0.2) is 4.79 Å². The lowest BCUT2D eigenvalue weighted by atomic mass is 9.93. The number of aliphatic hydroxyl groups is 1. The standard InChI is InChI=1S/C17H25NO4/c1-16(2,3)22-15(20)18-9-10-21-17(12-18,13-19)11-14-7-5-4-6-8-14/h4-8,19H,9-13H2,1-3H3. The van der Waals surface area contributed by atoms with Crippen LogP contribution in [0.2, 0.25) is 0 Å². The third-order valence-electron chi connectivity index (χ3n) is 3.56. The molecule has 0 saturated carbocycles. The highest BCUT2D eigenvalue weighted by molar-refractivity contribution is 5.68. The number of hydrogen-bond acceptors (Lipinski definition) is 4. The van der Waals surface area contributed by atoms with Crippen LogP contribution in [0.4, 0.5) is 4.79 Å². The maximum Gasteiger partial charge on any atom is 0.410 e. The molecule has 1 saturated heterocycles. The Kier molecular flexibility index (Phi) is 5.08. The molecule has 0 aliphatic carbocycles. The van der Waals surface area contributed by atoms with Crippen LogP contribution in [0.15, 0.2) is 30.3 Å². The van der Waals surface area contributed by atoms with Crippen LogP contribution >= 0.6 is 0 Å². The Morgan fingerprint density at radius 1 is 1.36 bits per heavy atom. The molecule has 5 heteroatoms. The summed E-state index contributed by atoms with van der Waals surface area (Å²) in [5.41, 5.74) is -0.227. The Balaban J connectivity index is 2.07. The van der Waals surface area contributed by atoms with Crippen molar-refractivity contribution >= 4 is 6.09 Å². The molecule has 0 aromatic heterocycles. The summed E-state index contributed by atoms with van der Waals surface area (Å²) >= 11 is 0. The Morgan fingerprint density at radius 3 is 2.64 bits per heavy atom. The molecule has 1 atom stereocenters. The van der Waals surface area contributed by atoms with Crippen LogP contribution in [0.3, 0.4) is 0 Å². The molecule has 1 aliphatic rings. The Hall–Kier alpha value is -1.59. The molecule has 1 unspecified atom stereocenters. The van der Waals surface area contributed by atoms with E-state index >= 15 is 0 Å². The zero-order valence-corrected chi connectivity index (χ0v) is 13.5. The first kappa shape index (κ1) is 16.8. The van der Waals surface area contributed by atoms with Gasteiger partial charge >= 0.3 is 6.09 Å². The lowest BCUT2D eigenvalue weighted by molar-refractivity contribution is -0.130. The summed E-state index contributed by atoms with van der Waals surface area (Å²) in [7, 11) is 0. The fraction of sp³-hybridized carbons (Fsp3) is 0.588. The maximum absolute atomic E-state index is 12.2. The lowest BCUT2D eigenvalue weighted by Gasteiger charge is -2.42. The fourth-order valence-corrected chi connectivity index (χ4v) is 2.55. The number of hydrogen-bond donors (Lipinski definition) is 1. The highest BCUT2D eigenvalue weighted by Gasteiger charge is 2.39. The van der Waals surface area contributed by atoms with Crippen LogP contribution in [0.25, 0.3) is 0 Å². The van der Waals surface area contributed by atoms with E-state index in [0.29, 0.717) is 26.1 Å². The van der Waals surface area contributed by atoms with Gasteiger partial charge in [0.15, 0.2) is 0 Å². The van der Waals surface area contributed by atoms with Crippen molar-refractivity contribution in [2.75, 3.05) is 26.3 Å². The molecule has 1 heterocycles. The van der Waals surface area contributed by atoms with Gasteiger partial charge in [-0.1, -0.05) is 30.3 Å². The van der Waals surface area contributed by atoms with Crippen molar-refractivity contribution in [3.63, 3.8) is 0 Å². The summed E-state index contributed by atoms with van der Waals surface area (Å²) in [6.45, 7) is 6.59. The number of benzene rings is 1. The van der Waals surface area contributed by atoms with E-state index in [1.165, 1.54) is 0 Å². The first-order valence-electron chi connectivity index (χ1n) is 7.60.